The summed E-state index contributed by atoms with van der Waals surface area (Å²) in [6.45, 7) is 3.53. The maximum Gasteiger partial charge on any atom is 0.251 e. The Hall–Kier alpha value is -2.09. The van der Waals surface area contributed by atoms with E-state index >= 15 is 0 Å². The van der Waals surface area contributed by atoms with Crippen molar-refractivity contribution in [2.45, 2.75) is 43.5 Å². The fourth-order valence-electron chi connectivity index (χ4n) is 4.17. The van der Waals surface area contributed by atoms with Crippen LogP contribution in [0.3, 0.4) is 0 Å². The summed E-state index contributed by atoms with van der Waals surface area (Å²) < 4.78 is 27.2. The maximum absolute atomic E-state index is 12.9. The molecule has 0 atom stereocenters. The Kier molecular flexibility index (Phi) is 6.84. The highest BCUT2D eigenvalue weighted by Crippen LogP contribution is 2.28. The number of carbonyl (C=O) groups excluding carboxylic acids is 1. The van der Waals surface area contributed by atoms with Crippen LogP contribution in [0.4, 0.5) is 5.69 Å². The molecule has 31 heavy (non-hydrogen) atoms. The minimum atomic E-state index is -3.69. The fourth-order valence-corrected chi connectivity index (χ4v) is 6.19. The zero-order valence-corrected chi connectivity index (χ0v) is 19.1. The van der Waals surface area contributed by atoms with Gasteiger partial charge in [0.2, 0.25) is 10.0 Å². The van der Waals surface area contributed by atoms with Gasteiger partial charge < -0.3 is 10.2 Å². The van der Waals surface area contributed by atoms with Crippen LogP contribution in [0.5, 0.6) is 0 Å². The van der Waals surface area contributed by atoms with Crippen LogP contribution >= 0.6 is 11.6 Å². The number of nitrogens with zero attached hydrogens (tertiary/aromatic N) is 2. The highest BCUT2D eigenvalue weighted by atomic mass is 35.5. The molecule has 0 spiro atoms. The van der Waals surface area contributed by atoms with Crippen molar-refractivity contribution in [1.29, 1.82) is 0 Å². The van der Waals surface area contributed by atoms with Crippen LogP contribution in [0.1, 0.15) is 48.0 Å². The quantitative estimate of drug-likeness (QED) is 0.704. The normalized spacial score (nSPS) is 17.6. The van der Waals surface area contributed by atoms with Gasteiger partial charge in [0.1, 0.15) is 4.90 Å². The van der Waals surface area contributed by atoms with Crippen molar-refractivity contribution >= 4 is 33.2 Å². The molecule has 2 heterocycles. The van der Waals surface area contributed by atoms with E-state index in [9.17, 15) is 13.2 Å². The van der Waals surface area contributed by atoms with Crippen molar-refractivity contribution in [1.82, 2.24) is 9.62 Å². The van der Waals surface area contributed by atoms with E-state index in [1.54, 1.807) is 6.07 Å². The predicted octanol–water partition coefficient (Wildman–Crippen LogP) is 4.04. The van der Waals surface area contributed by atoms with Crippen LogP contribution in [0.25, 0.3) is 0 Å². The van der Waals surface area contributed by atoms with Gasteiger partial charge in [0.15, 0.2) is 0 Å². The van der Waals surface area contributed by atoms with E-state index < -0.39 is 10.0 Å². The zero-order valence-electron chi connectivity index (χ0n) is 17.5. The summed E-state index contributed by atoms with van der Waals surface area (Å²) >= 11 is 6.17. The molecule has 8 heteroatoms. The van der Waals surface area contributed by atoms with Gasteiger partial charge in [-0.1, -0.05) is 23.7 Å². The molecule has 4 rings (SSSR count). The molecule has 2 fully saturated rings. The third-order valence-corrected chi connectivity index (χ3v) is 8.37. The van der Waals surface area contributed by atoms with Crippen molar-refractivity contribution in [2.24, 2.45) is 0 Å². The fraction of sp³-hybridized carbons (Fsp3) is 0.435. The summed E-state index contributed by atoms with van der Waals surface area (Å²) in [6, 6.07) is 12.6. The zero-order chi connectivity index (χ0) is 21.8. The third-order valence-electron chi connectivity index (χ3n) is 5.99. The molecule has 6 nitrogen and oxygen atoms in total. The Morgan fingerprint density at radius 2 is 1.55 bits per heavy atom. The molecule has 1 N–H and O–H groups in total. The van der Waals surface area contributed by atoms with Crippen molar-refractivity contribution < 1.29 is 13.2 Å². The largest absolute Gasteiger partial charge is 0.372 e. The van der Waals surface area contributed by atoms with Crippen molar-refractivity contribution in [2.75, 3.05) is 31.1 Å². The van der Waals surface area contributed by atoms with E-state index in [0.29, 0.717) is 19.6 Å². The Morgan fingerprint density at radius 3 is 2.23 bits per heavy atom. The maximum atomic E-state index is 12.9. The average Bonchev–Trinajstić information content (AvgIpc) is 3.35. The molecule has 0 radical (unpaired) electrons. The molecule has 0 aromatic heterocycles. The number of hydrogen-bond donors (Lipinski definition) is 1. The van der Waals surface area contributed by atoms with Gasteiger partial charge >= 0.3 is 0 Å². The highest BCUT2D eigenvalue weighted by Gasteiger charge is 2.29. The Bertz CT molecular complexity index is 1030. The van der Waals surface area contributed by atoms with Gasteiger partial charge in [-0.15, -0.1) is 0 Å². The van der Waals surface area contributed by atoms with E-state index in [2.05, 4.69) is 22.3 Å². The minimum absolute atomic E-state index is 0.00500. The number of carbonyl (C=O) groups is 1. The van der Waals surface area contributed by atoms with E-state index in [-0.39, 0.29) is 21.4 Å². The Labute approximate surface area is 189 Å². The van der Waals surface area contributed by atoms with Crippen molar-refractivity contribution in [3.63, 3.8) is 0 Å². The topological polar surface area (TPSA) is 69.7 Å². The second kappa shape index (κ2) is 9.59. The number of benzene rings is 2. The summed E-state index contributed by atoms with van der Waals surface area (Å²) in [5, 5.41) is 3.01. The molecule has 2 aliphatic heterocycles. The summed E-state index contributed by atoms with van der Waals surface area (Å²) in [5.74, 6) is -0.324. The second-order valence-corrected chi connectivity index (χ2v) is 10.5. The molecule has 2 saturated heterocycles. The van der Waals surface area contributed by atoms with Crippen LogP contribution in [-0.2, 0) is 16.6 Å². The first-order valence-electron chi connectivity index (χ1n) is 10.9. The Morgan fingerprint density at radius 1 is 0.903 bits per heavy atom. The number of anilines is 1. The molecule has 0 bridgehead atoms. The summed E-state index contributed by atoms with van der Waals surface area (Å²) in [6.07, 6.45) is 5.44. The number of hydrogen-bond acceptors (Lipinski definition) is 4. The van der Waals surface area contributed by atoms with Gasteiger partial charge in [0.05, 0.1) is 5.02 Å². The average molecular weight is 462 g/mol. The molecule has 0 saturated carbocycles. The lowest BCUT2D eigenvalue weighted by Crippen LogP contribution is -2.29. The summed E-state index contributed by atoms with van der Waals surface area (Å²) in [4.78, 5) is 15.1. The molecule has 1 amide bonds. The molecule has 2 aliphatic rings. The van der Waals surface area contributed by atoms with Crippen LogP contribution < -0.4 is 10.2 Å². The smallest absolute Gasteiger partial charge is 0.251 e. The Balaban J connectivity index is 1.42. The molecular formula is C23H28ClN3O3S. The molecular weight excluding hydrogens is 434 g/mol. The van der Waals surface area contributed by atoms with Gasteiger partial charge in [-0.2, -0.15) is 4.31 Å². The first-order chi connectivity index (χ1) is 14.9. The first-order valence-corrected chi connectivity index (χ1v) is 12.7. The molecule has 0 aliphatic carbocycles. The molecule has 2 aromatic rings. The number of sulfonamides is 1. The van der Waals surface area contributed by atoms with E-state index in [1.807, 2.05) is 12.1 Å². The van der Waals surface area contributed by atoms with Crippen LogP contribution in [-0.4, -0.2) is 44.8 Å². The summed E-state index contributed by atoms with van der Waals surface area (Å²) in [7, 11) is -3.69. The number of halogens is 1. The van der Waals surface area contributed by atoms with Gasteiger partial charge in [-0.25, -0.2) is 8.42 Å². The molecule has 166 valence electrons. The van der Waals surface area contributed by atoms with Gasteiger partial charge in [0.25, 0.3) is 5.91 Å². The lowest BCUT2D eigenvalue weighted by atomic mass is 10.1. The van der Waals surface area contributed by atoms with Gasteiger partial charge in [0, 0.05) is 44.0 Å². The number of piperidine rings is 1. The van der Waals surface area contributed by atoms with E-state index in [4.69, 9.17) is 11.6 Å². The minimum Gasteiger partial charge on any atom is -0.372 e. The van der Waals surface area contributed by atoms with Crippen LogP contribution in [0.2, 0.25) is 5.02 Å². The lowest BCUT2D eigenvalue weighted by Gasteiger charge is -2.28. The van der Waals surface area contributed by atoms with Crippen LogP contribution in [0.15, 0.2) is 47.4 Å². The summed E-state index contributed by atoms with van der Waals surface area (Å²) in [5.41, 5.74) is 2.49. The van der Waals surface area contributed by atoms with Gasteiger partial charge in [-0.3, -0.25) is 4.79 Å². The molecule has 0 unspecified atom stereocenters. The first kappa shape index (κ1) is 22.1. The highest BCUT2D eigenvalue weighted by molar-refractivity contribution is 7.89. The lowest BCUT2D eigenvalue weighted by molar-refractivity contribution is 0.0950. The third kappa shape index (κ3) is 5.05. The number of amides is 1. The van der Waals surface area contributed by atoms with Gasteiger partial charge in [-0.05, 0) is 68.0 Å². The van der Waals surface area contributed by atoms with E-state index in [1.165, 1.54) is 41.4 Å². The second-order valence-electron chi connectivity index (χ2n) is 8.15. The van der Waals surface area contributed by atoms with Crippen molar-refractivity contribution in [3.8, 4) is 0 Å². The van der Waals surface area contributed by atoms with Crippen LogP contribution in [0, 0.1) is 0 Å². The standard InChI is InChI=1S/C23H28ClN3O3S/c24-21-11-8-19(16-22(21)31(29,30)27-14-4-5-15-27)23(28)25-17-18-6-9-20(10-7-18)26-12-2-1-3-13-26/h6-11,16H,1-5,12-15,17H2,(H,25,28). The SMILES string of the molecule is O=C(NCc1ccc(N2CCCCC2)cc1)c1ccc(Cl)c(S(=O)(=O)N2CCCC2)c1. The number of nitrogens with one attached hydrogen (secondary N) is 1. The monoisotopic (exact) mass is 461 g/mol. The molecule has 2 aromatic carbocycles. The predicted molar refractivity (Wildman–Crippen MR) is 123 cm³/mol. The number of rotatable bonds is 6. The van der Waals surface area contributed by atoms with E-state index in [0.717, 1.165) is 31.5 Å². The van der Waals surface area contributed by atoms with Crippen molar-refractivity contribution in [3.05, 3.63) is 58.6 Å².